The minimum Gasteiger partial charge on any atom is -0.504 e. The van der Waals surface area contributed by atoms with E-state index < -0.39 is 90.4 Å². The van der Waals surface area contributed by atoms with E-state index in [9.17, 15) is 39.9 Å². The second kappa shape index (κ2) is 10.6. The summed E-state index contributed by atoms with van der Waals surface area (Å²) in [6.45, 7) is 0.927. The van der Waals surface area contributed by atoms with Gasteiger partial charge in [-0.1, -0.05) is 13.0 Å². The molecule has 0 spiro atoms. The Bertz CT molecular complexity index is 1080. The number of Topliss-reactive ketones (excluding diaryl/α,β-unsaturated/α-hetero) is 1. The molecule has 0 amide bonds. The van der Waals surface area contributed by atoms with Gasteiger partial charge in [0.15, 0.2) is 17.6 Å². The number of carbonyl (C=O) groups excluding carboxylic acids is 3. The van der Waals surface area contributed by atoms with Gasteiger partial charge in [-0.15, -0.1) is 0 Å². The predicted octanol–water partition coefficient (Wildman–Crippen LogP) is -0.667. The molecule has 2 fully saturated rings. The number of aromatic hydroxyl groups is 2. The van der Waals surface area contributed by atoms with E-state index in [4.69, 9.17) is 23.7 Å². The summed E-state index contributed by atoms with van der Waals surface area (Å²) in [6, 6.07) is 3.59. The first-order valence-electron chi connectivity index (χ1n) is 11.5. The lowest BCUT2D eigenvalue weighted by molar-refractivity contribution is -0.341. The molecule has 9 atom stereocenters. The quantitative estimate of drug-likeness (QED) is 0.232. The highest BCUT2D eigenvalue weighted by atomic mass is 16.8. The van der Waals surface area contributed by atoms with Gasteiger partial charge in [0, 0.05) is 24.2 Å². The number of ether oxygens (including phenoxy) is 5. The zero-order valence-corrected chi connectivity index (χ0v) is 19.9. The maximum Gasteiger partial charge on any atom is 0.342 e. The van der Waals surface area contributed by atoms with E-state index in [-0.39, 0.29) is 17.8 Å². The molecule has 1 aromatic carbocycles. The second-order valence-electron chi connectivity index (χ2n) is 9.10. The molecule has 5 N–H and O–H groups in total. The summed E-state index contributed by atoms with van der Waals surface area (Å²) in [5.41, 5.74) is -0.278. The molecule has 37 heavy (non-hydrogen) atoms. The van der Waals surface area contributed by atoms with Gasteiger partial charge in [-0.05, 0) is 12.1 Å². The van der Waals surface area contributed by atoms with Crippen LogP contribution in [0.1, 0.15) is 23.7 Å². The molecule has 0 bridgehead atoms. The Morgan fingerprint density at radius 1 is 1.11 bits per heavy atom. The van der Waals surface area contributed by atoms with Crippen LogP contribution in [0.4, 0.5) is 0 Å². The van der Waals surface area contributed by atoms with Crippen molar-refractivity contribution >= 4 is 17.7 Å². The fraction of sp³-hybridized carbons (Fsp3) is 0.542. The van der Waals surface area contributed by atoms with E-state index in [1.165, 1.54) is 13.2 Å². The smallest absolute Gasteiger partial charge is 0.342 e. The summed E-state index contributed by atoms with van der Waals surface area (Å²) >= 11 is 0. The summed E-state index contributed by atoms with van der Waals surface area (Å²) in [7, 11) is 1.20. The minimum atomic E-state index is -1.80. The molecule has 0 aromatic heterocycles. The molecule has 0 unspecified atom stereocenters. The fourth-order valence-corrected chi connectivity index (χ4v) is 4.91. The van der Waals surface area contributed by atoms with E-state index in [0.717, 1.165) is 18.4 Å². The van der Waals surface area contributed by atoms with Crippen molar-refractivity contribution in [2.75, 3.05) is 13.7 Å². The van der Waals surface area contributed by atoms with Crippen LogP contribution in [0.3, 0.4) is 0 Å². The number of para-hydroxylation sites is 1. The van der Waals surface area contributed by atoms with Crippen molar-refractivity contribution in [1.82, 2.24) is 0 Å². The number of aliphatic hydroxyl groups excluding tert-OH is 3. The zero-order chi connectivity index (χ0) is 27.0. The van der Waals surface area contributed by atoms with Crippen molar-refractivity contribution < 1.29 is 63.6 Å². The van der Waals surface area contributed by atoms with Crippen molar-refractivity contribution in [2.45, 2.75) is 50.3 Å². The largest absolute Gasteiger partial charge is 0.504 e. The van der Waals surface area contributed by atoms with Crippen LogP contribution in [-0.4, -0.2) is 94.0 Å². The van der Waals surface area contributed by atoms with E-state index >= 15 is 0 Å². The molecule has 202 valence electrons. The van der Waals surface area contributed by atoms with Crippen molar-refractivity contribution in [3.8, 4) is 11.5 Å². The summed E-state index contributed by atoms with van der Waals surface area (Å²) < 4.78 is 27.2. The number of rotatable bonds is 6. The molecule has 3 aliphatic rings. The normalized spacial score (nSPS) is 35.2. The molecule has 1 saturated heterocycles. The number of aliphatic hydroxyl groups is 3. The summed E-state index contributed by atoms with van der Waals surface area (Å²) in [5, 5.41) is 50.4. The molecule has 0 radical (unpaired) electrons. The lowest BCUT2D eigenvalue weighted by Gasteiger charge is -2.44. The third kappa shape index (κ3) is 4.88. The first-order chi connectivity index (χ1) is 17.6. The number of benzene rings is 1. The van der Waals surface area contributed by atoms with Crippen LogP contribution in [0.25, 0.3) is 0 Å². The summed E-state index contributed by atoms with van der Waals surface area (Å²) in [4.78, 5) is 37.5. The summed E-state index contributed by atoms with van der Waals surface area (Å²) in [6.07, 6.45) is -8.16. The second-order valence-corrected chi connectivity index (χ2v) is 9.10. The predicted molar refractivity (Wildman–Crippen MR) is 119 cm³/mol. The van der Waals surface area contributed by atoms with E-state index in [2.05, 4.69) is 0 Å². The van der Waals surface area contributed by atoms with Gasteiger partial charge in [-0.25, -0.2) is 9.59 Å². The van der Waals surface area contributed by atoms with Crippen LogP contribution >= 0.6 is 0 Å². The Morgan fingerprint density at radius 3 is 2.51 bits per heavy atom. The van der Waals surface area contributed by atoms with Crippen molar-refractivity contribution in [1.29, 1.82) is 0 Å². The van der Waals surface area contributed by atoms with E-state index in [0.29, 0.717) is 0 Å². The number of phenolic OH excluding ortho intramolecular Hbond substituents is 2. The highest BCUT2D eigenvalue weighted by molar-refractivity contribution is 5.94. The van der Waals surface area contributed by atoms with E-state index in [1.807, 2.05) is 0 Å². The maximum absolute atomic E-state index is 12.8. The number of carbonyl (C=O) groups is 3. The number of phenols is 2. The van der Waals surface area contributed by atoms with Gasteiger partial charge in [0.05, 0.1) is 25.6 Å². The number of methoxy groups -OCH3 is 1. The third-order valence-electron chi connectivity index (χ3n) is 7.01. The first kappa shape index (κ1) is 26.8. The molecule has 13 heteroatoms. The van der Waals surface area contributed by atoms with Crippen LogP contribution in [0.15, 0.2) is 30.0 Å². The molecule has 1 aromatic rings. The Morgan fingerprint density at radius 2 is 1.84 bits per heavy atom. The standard InChI is InChI=1S/C24H28O13/c1-9-14(27)6-11-12(21(31)33-2)8-34-23(16(9)11)37-24-20(19(30)18(29)15(7-25)35-24)36-22(32)10-4-3-5-13(26)17(10)28/h3-5,8-9,11,15-16,18-20,23-26,28-30H,6-7H2,1-2H3/t9-,11+,15+,16+,18+,19-,20+,23-,24-/m0/s1. The molecular formula is C24H28O13. The van der Waals surface area contributed by atoms with Gasteiger partial charge in [-0.3, -0.25) is 4.79 Å². The minimum absolute atomic E-state index is 0.0390. The number of fused-ring (bicyclic) bond motifs is 1. The van der Waals surface area contributed by atoms with Gasteiger partial charge in [0.25, 0.3) is 0 Å². The maximum atomic E-state index is 12.8. The Labute approximate surface area is 210 Å². The molecule has 1 saturated carbocycles. The highest BCUT2D eigenvalue weighted by Gasteiger charge is 2.54. The lowest BCUT2D eigenvalue weighted by Crippen LogP contribution is -2.61. The average molecular weight is 524 g/mol. The van der Waals surface area contributed by atoms with Gasteiger partial charge < -0.3 is 49.2 Å². The van der Waals surface area contributed by atoms with Crippen LogP contribution in [0.2, 0.25) is 0 Å². The number of ketones is 1. The third-order valence-corrected chi connectivity index (χ3v) is 7.01. The highest BCUT2D eigenvalue weighted by Crippen LogP contribution is 2.46. The van der Waals surface area contributed by atoms with Crippen molar-refractivity contribution in [3.05, 3.63) is 35.6 Å². The molecular weight excluding hydrogens is 496 g/mol. The molecule has 4 rings (SSSR count). The summed E-state index contributed by atoms with van der Waals surface area (Å²) in [5.74, 6) is -5.18. The van der Waals surface area contributed by atoms with Gasteiger partial charge in [-0.2, -0.15) is 0 Å². The molecule has 2 aliphatic heterocycles. The fourth-order valence-electron chi connectivity index (χ4n) is 4.91. The van der Waals surface area contributed by atoms with Crippen LogP contribution < -0.4 is 0 Å². The van der Waals surface area contributed by atoms with Gasteiger partial charge in [0.1, 0.15) is 29.7 Å². The van der Waals surface area contributed by atoms with Crippen molar-refractivity contribution in [3.63, 3.8) is 0 Å². The van der Waals surface area contributed by atoms with E-state index in [1.54, 1.807) is 6.92 Å². The number of esters is 2. The average Bonchev–Trinajstić information content (AvgIpc) is 3.18. The Hall–Kier alpha value is -3.23. The molecule has 1 aliphatic carbocycles. The zero-order valence-electron chi connectivity index (χ0n) is 19.9. The van der Waals surface area contributed by atoms with Crippen molar-refractivity contribution in [2.24, 2.45) is 17.8 Å². The number of hydrogen-bond acceptors (Lipinski definition) is 13. The topological polar surface area (TPSA) is 199 Å². The molecule has 2 heterocycles. The molecule has 13 nitrogen and oxygen atoms in total. The monoisotopic (exact) mass is 524 g/mol. The van der Waals surface area contributed by atoms with Gasteiger partial charge >= 0.3 is 11.9 Å². The van der Waals surface area contributed by atoms with Crippen LogP contribution in [-0.2, 0) is 33.3 Å². The number of hydrogen-bond donors (Lipinski definition) is 5. The van der Waals surface area contributed by atoms with Crippen LogP contribution in [0.5, 0.6) is 11.5 Å². The SMILES string of the molecule is COC(=O)C1=CO[C@@H](O[C@@H]2O[C@H](CO)[C@@H](O)[C@H](O)[C@H]2OC(=O)c2cccc(O)c2O)[C@H]2[C@@H]1CC(=O)[C@@H]2C. The first-order valence-corrected chi connectivity index (χ1v) is 11.5. The lowest BCUT2D eigenvalue weighted by atomic mass is 9.83. The Balaban J connectivity index is 1.62. The van der Waals surface area contributed by atoms with Crippen LogP contribution in [0, 0.1) is 17.8 Å². The van der Waals surface area contributed by atoms with Gasteiger partial charge in [0.2, 0.25) is 12.6 Å². The Kier molecular flexibility index (Phi) is 7.71.